The van der Waals surface area contributed by atoms with E-state index in [2.05, 4.69) is 6.92 Å². The summed E-state index contributed by atoms with van der Waals surface area (Å²) < 4.78 is 29.6. The van der Waals surface area contributed by atoms with Crippen LogP contribution in [0.5, 0.6) is 0 Å². The van der Waals surface area contributed by atoms with Crippen LogP contribution < -0.4 is 0 Å². The van der Waals surface area contributed by atoms with Crippen molar-refractivity contribution in [1.29, 1.82) is 0 Å². The van der Waals surface area contributed by atoms with Gasteiger partial charge in [-0.25, -0.2) is 0 Å². The molecule has 4 nitrogen and oxygen atoms in total. The highest BCUT2D eigenvalue weighted by Gasteiger charge is 2.30. The molecule has 1 saturated carbocycles. The van der Waals surface area contributed by atoms with Gasteiger partial charge in [-0.15, -0.1) is 0 Å². The van der Waals surface area contributed by atoms with E-state index < -0.39 is 10.1 Å². The van der Waals surface area contributed by atoms with Crippen molar-refractivity contribution in [2.45, 2.75) is 51.0 Å². The summed E-state index contributed by atoms with van der Waals surface area (Å²) in [4.78, 5) is 0.197. The first-order valence-electron chi connectivity index (χ1n) is 7.93. The second-order valence-electron chi connectivity index (χ2n) is 6.65. The Kier molecular flexibility index (Phi) is 5.64. The number of rotatable bonds is 5. The van der Waals surface area contributed by atoms with Crippen LogP contribution in [0.15, 0.2) is 29.2 Å². The summed E-state index contributed by atoms with van der Waals surface area (Å²) in [6.45, 7) is 6.14. The largest absolute Gasteiger partial charge is 0.393 e. The maximum Gasteiger partial charge on any atom is 0.296 e. The zero-order valence-corrected chi connectivity index (χ0v) is 14.3. The molecule has 1 aliphatic carbocycles. The maximum atomic E-state index is 12.2. The van der Waals surface area contributed by atoms with Crippen molar-refractivity contribution in [1.82, 2.24) is 0 Å². The molecule has 1 N–H and O–H groups in total. The smallest absolute Gasteiger partial charge is 0.296 e. The number of aliphatic hydroxyl groups is 1. The minimum absolute atomic E-state index is 0.113. The van der Waals surface area contributed by atoms with Crippen LogP contribution >= 0.6 is 0 Å². The Morgan fingerprint density at radius 2 is 1.91 bits per heavy atom. The molecule has 1 aliphatic rings. The Hall–Kier alpha value is -0.910. The molecular formula is C17H26O4S. The summed E-state index contributed by atoms with van der Waals surface area (Å²) in [6.07, 6.45) is 2.46. The fraction of sp³-hybridized carbons (Fsp3) is 0.647. The van der Waals surface area contributed by atoms with Crippen LogP contribution in [0.1, 0.15) is 38.7 Å². The molecule has 22 heavy (non-hydrogen) atoms. The summed E-state index contributed by atoms with van der Waals surface area (Å²) in [5.74, 6) is 0.766. The second kappa shape index (κ2) is 7.11. The minimum Gasteiger partial charge on any atom is -0.393 e. The van der Waals surface area contributed by atoms with Crippen LogP contribution in [0.25, 0.3) is 0 Å². The molecule has 2 rings (SSSR count). The van der Waals surface area contributed by atoms with Crippen molar-refractivity contribution >= 4 is 10.1 Å². The lowest BCUT2D eigenvalue weighted by Crippen LogP contribution is -2.32. The lowest BCUT2D eigenvalue weighted by atomic mass is 9.75. The third kappa shape index (κ3) is 4.31. The molecule has 124 valence electrons. The Balaban J connectivity index is 1.92. The Morgan fingerprint density at radius 3 is 2.50 bits per heavy atom. The monoisotopic (exact) mass is 326 g/mol. The first-order valence-corrected chi connectivity index (χ1v) is 9.34. The van der Waals surface area contributed by atoms with Gasteiger partial charge in [0.05, 0.1) is 17.6 Å². The van der Waals surface area contributed by atoms with Crippen molar-refractivity contribution in [3.8, 4) is 0 Å². The number of hydrogen-bond acceptors (Lipinski definition) is 4. The lowest BCUT2D eigenvalue weighted by molar-refractivity contribution is 0.0315. The quantitative estimate of drug-likeness (QED) is 0.844. The molecule has 0 bridgehead atoms. The SMILES string of the molecule is Cc1ccc(S(=O)(=O)OC[C@H](C)[C@H]2CC[C@H](C)[C@@H](O)C2)cc1. The maximum absolute atomic E-state index is 12.2. The van der Waals surface area contributed by atoms with E-state index in [1.54, 1.807) is 24.3 Å². The summed E-state index contributed by atoms with van der Waals surface area (Å²) in [5.41, 5.74) is 1.01. The molecule has 5 heteroatoms. The van der Waals surface area contributed by atoms with Crippen molar-refractivity contribution in [2.75, 3.05) is 6.61 Å². The third-order valence-electron chi connectivity index (χ3n) is 4.79. The number of aryl methyl sites for hydroxylation is 1. The molecule has 0 aromatic heterocycles. The summed E-state index contributed by atoms with van der Waals surface area (Å²) in [7, 11) is -3.70. The minimum atomic E-state index is -3.70. The van der Waals surface area contributed by atoms with E-state index in [-0.39, 0.29) is 23.5 Å². The molecule has 1 aromatic rings. The summed E-state index contributed by atoms with van der Waals surface area (Å²) >= 11 is 0. The molecule has 0 radical (unpaired) electrons. The van der Waals surface area contributed by atoms with Crippen LogP contribution in [-0.4, -0.2) is 26.2 Å². The number of hydrogen-bond donors (Lipinski definition) is 1. The zero-order valence-electron chi connectivity index (χ0n) is 13.5. The van der Waals surface area contributed by atoms with Gasteiger partial charge in [-0.1, -0.05) is 31.5 Å². The first kappa shape index (κ1) is 17.4. The van der Waals surface area contributed by atoms with Gasteiger partial charge in [-0.2, -0.15) is 8.42 Å². The van der Waals surface area contributed by atoms with Crippen LogP contribution in [0, 0.1) is 24.7 Å². The molecule has 0 amide bonds. The van der Waals surface area contributed by atoms with Gasteiger partial charge < -0.3 is 5.11 Å². The van der Waals surface area contributed by atoms with E-state index in [1.807, 2.05) is 13.8 Å². The number of aliphatic hydroxyl groups excluding tert-OH is 1. The fourth-order valence-electron chi connectivity index (χ4n) is 2.95. The van der Waals surface area contributed by atoms with Gasteiger partial charge in [0.25, 0.3) is 10.1 Å². The summed E-state index contributed by atoms with van der Waals surface area (Å²) in [5, 5.41) is 9.97. The van der Waals surface area contributed by atoms with Crippen LogP contribution in [-0.2, 0) is 14.3 Å². The van der Waals surface area contributed by atoms with Crippen LogP contribution in [0.3, 0.4) is 0 Å². The standard InChI is InChI=1S/C17H26O4S/c1-12-4-8-16(9-5-12)22(19,20)21-11-14(3)15-7-6-13(2)17(18)10-15/h4-5,8-9,13-15,17-18H,6-7,10-11H2,1-3H3/t13-,14-,15-,17-/m0/s1. The lowest BCUT2D eigenvalue weighted by Gasteiger charge is -2.34. The van der Waals surface area contributed by atoms with Gasteiger partial charge in [-0.3, -0.25) is 4.18 Å². The van der Waals surface area contributed by atoms with Crippen molar-refractivity contribution in [3.05, 3.63) is 29.8 Å². The third-order valence-corrected chi connectivity index (χ3v) is 6.09. The normalized spacial score (nSPS) is 27.5. The molecule has 1 fully saturated rings. The predicted octanol–water partition coefficient (Wildman–Crippen LogP) is 3.13. The molecule has 1 aromatic carbocycles. The zero-order chi connectivity index (χ0) is 16.3. The Bertz CT molecular complexity index is 579. The van der Waals surface area contributed by atoms with Crippen molar-refractivity contribution in [3.63, 3.8) is 0 Å². The van der Waals surface area contributed by atoms with Crippen LogP contribution in [0.4, 0.5) is 0 Å². The molecule has 4 atom stereocenters. The van der Waals surface area contributed by atoms with E-state index in [0.717, 1.165) is 24.8 Å². The molecule has 0 saturated heterocycles. The topological polar surface area (TPSA) is 63.6 Å². The van der Waals surface area contributed by atoms with Gasteiger partial charge in [0.2, 0.25) is 0 Å². The van der Waals surface area contributed by atoms with Gasteiger partial charge in [0.15, 0.2) is 0 Å². The second-order valence-corrected chi connectivity index (χ2v) is 8.26. The van der Waals surface area contributed by atoms with E-state index in [9.17, 15) is 13.5 Å². The van der Waals surface area contributed by atoms with E-state index in [1.165, 1.54) is 0 Å². The highest BCUT2D eigenvalue weighted by Crippen LogP contribution is 2.34. The Labute approximate surface area is 133 Å². The number of benzene rings is 1. The average molecular weight is 326 g/mol. The van der Waals surface area contributed by atoms with E-state index >= 15 is 0 Å². The molecule has 0 heterocycles. The van der Waals surface area contributed by atoms with E-state index in [0.29, 0.717) is 11.8 Å². The molecule has 0 unspecified atom stereocenters. The van der Waals surface area contributed by atoms with Gasteiger partial charge in [0, 0.05) is 0 Å². The summed E-state index contributed by atoms with van der Waals surface area (Å²) in [6, 6.07) is 6.67. The first-order chi connectivity index (χ1) is 10.3. The van der Waals surface area contributed by atoms with Gasteiger partial charge in [0.1, 0.15) is 0 Å². The predicted molar refractivity (Wildman–Crippen MR) is 86.0 cm³/mol. The van der Waals surface area contributed by atoms with Crippen molar-refractivity contribution < 1.29 is 17.7 Å². The average Bonchev–Trinajstić information content (AvgIpc) is 2.48. The van der Waals surface area contributed by atoms with Crippen molar-refractivity contribution in [2.24, 2.45) is 17.8 Å². The van der Waals surface area contributed by atoms with Crippen LogP contribution in [0.2, 0.25) is 0 Å². The molecule has 0 aliphatic heterocycles. The Morgan fingerprint density at radius 1 is 1.27 bits per heavy atom. The molecule has 0 spiro atoms. The van der Waals surface area contributed by atoms with E-state index in [4.69, 9.17) is 4.18 Å². The fourth-order valence-corrected chi connectivity index (χ4v) is 3.95. The highest BCUT2D eigenvalue weighted by atomic mass is 32.2. The highest BCUT2D eigenvalue weighted by molar-refractivity contribution is 7.86. The van der Waals surface area contributed by atoms with Gasteiger partial charge >= 0.3 is 0 Å². The molecular weight excluding hydrogens is 300 g/mol. The van der Waals surface area contributed by atoms with Gasteiger partial charge in [-0.05, 0) is 56.1 Å².